The maximum Gasteiger partial charge on any atom is 0.332 e. The smallest absolute Gasteiger partial charge is 0.332 e. The molecule has 0 bridgehead atoms. The van der Waals surface area contributed by atoms with Crippen molar-refractivity contribution < 1.29 is 18.7 Å². The van der Waals surface area contributed by atoms with Crippen LogP contribution in [0.5, 0.6) is 5.75 Å². The van der Waals surface area contributed by atoms with Crippen LogP contribution >= 0.6 is 0 Å². The number of aromatic nitrogens is 2. The number of hydrogen-bond acceptors (Lipinski definition) is 5. The molecule has 206 valence electrons. The van der Waals surface area contributed by atoms with Crippen LogP contribution in [0.1, 0.15) is 50.6 Å². The Bertz CT molecular complexity index is 1390. The summed E-state index contributed by atoms with van der Waals surface area (Å²) in [7, 11) is 1.80. The Kier molecular flexibility index (Phi) is 7.20. The lowest BCUT2D eigenvalue weighted by Gasteiger charge is -2.45. The molecular weight excluding hydrogens is 497 g/mol. The van der Waals surface area contributed by atoms with Crippen LogP contribution in [0.15, 0.2) is 54.6 Å². The zero-order valence-electron chi connectivity index (χ0n) is 23.2. The first-order valence-electron chi connectivity index (χ1n) is 13.5. The van der Waals surface area contributed by atoms with E-state index in [4.69, 9.17) is 4.74 Å². The summed E-state index contributed by atoms with van der Waals surface area (Å²) >= 11 is 0. The predicted octanol–water partition coefficient (Wildman–Crippen LogP) is 5.05. The molecule has 9 heteroatoms. The number of nitrogens with zero attached hydrogens (tertiary/aromatic N) is 5. The molecule has 0 radical (unpaired) electrons. The van der Waals surface area contributed by atoms with Crippen molar-refractivity contribution in [1.29, 1.82) is 0 Å². The fraction of sp³-hybridized carbons (Fsp3) is 0.433. The van der Waals surface area contributed by atoms with Crippen LogP contribution in [0, 0.1) is 12.7 Å². The number of hydrogen-bond donors (Lipinski definition) is 0. The van der Waals surface area contributed by atoms with E-state index in [1.54, 1.807) is 23.9 Å². The van der Waals surface area contributed by atoms with Gasteiger partial charge in [-0.2, -0.15) is 5.10 Å². The Morgan fingerprint density at radius 1 is 1.10 bits per heavy atom. The highest BCUT2D eigenvalue weighted by Gasteiger charge is 2.59. The number of halogens is 1. The summed E-state index contributed by atoms with van der Waals surface area (Å²) in [6.07, 6.45) is 0.977. The molecule has 2 aliphatic heterocycles. The number of ether oxygens (including phenoxy) is 1. The summed E-state index contributed by atoms with van der Waals surface area (Å²) < 4.78 is 21.9. The first-order chi connectivity index (χ1) is 18.6. The average molecular weight is 534 g/mol. The number of piperidine rings is 1. The largest absolute Gasteiger partial charge is 0.491 e. The van der Waals surface area contributed by atoms with Gasteiger partial charge in [-0.15, -0.1) is 0 Å². The molecule has 0 N–H and O–H groups in total. The molecule has 2 aromatic carbocycles. The molecule has 3 heterocycles. The predicted molar refractivity (Wildman–Crippen MR) is 147 cm³/mol. The fourth-order valence-electron chi connectivity index (χ4n) is 5.95. The van der Waals surface area contributed by atoms with Gasteiger partial charge < -0.3 is 4.74 Å². The Hall–Kier alpha value is -3.72. The molecule has 2 saturated heterocycles. The number of benzene rings is 2. The number of carbonyl (C=O) groups excluding carboxylic acids is 2. The van der Waals surface area contributed by atoms with Crippen molar-refractivity contribution in [2.75, 3.05) is 11.4 Å². The molecule has 1 spiro atoms. The number of anilines is 1. The molecule has 8 nitrogen and oxygen atoms in total. The van der Waals surface area contributed by atoms with E-state index >= 15 is 0 Å². The molecule has 5 rings (SSSR count). The van der Waals surface area contributed by atoms with Gasteiger partial charge >= 0.3 is 6.03 Å². The summed E-state index contributed by atoms with van der Waals surface area (Å²) in [4.78, 5) is 33.2. The van der Waals surface area contributed by atoms with E-state index in [1.165, 1.54) is 21.9 Å². The third-order valence-corrected chi connectivity index (χ3v) is 7.70. The third-order valence-electron chi connectivity index (χ3n) is 7.70. The minimum Gasteiger partial charge on any atom is -0.491 e. The summed E-state index contributed by atoms with van der Waals surface area (Å²) in [5.41, 5.74) is 2.01. The summed E-state index contributed by atoms with van der Waals surface area (Å²) in [6, 6.07) is 15.5. The molecule has 2 atom stereocenters. The van der Waals surface area contributed by atoms with Crippen molar-refractivity contribution in [3.63, 3.8) is 0 Å². The maximum atomic E-state index is 14.3. The number of imide groups is 1. The van der Waals surface area contributed by atoms with E-state index in [0.717, 1.165) is 22.7 Å². The van der Waals surface area contributed by atoms with Gasteiger partial charge in [-0.3, -0.25) is 24.2 Å². The number of likely N-dealkylation sites (tertiary alicyclic amines) is 1. The standard InChI is InChI=1S/C30H36FN5O3/c1-20(2)39-27-11-6-8-23(15-27)18-34-13-12-30(17-22(34)4)28(37)35(19-26-14-21(3)32-33(26)5)29(38)36(30)25-10-7-9-24(31)16-25/h6-11,14-16,20,22H,12-13,17-19H2,1-5H3/t22-,30?/m0/s1. The SMILES string of the molecule is Cc1cc(CN2C(=O)N(c3cccc(F)c3)C3(CCN(Cc4cccc(OC(C)C)c4)[C@@H](C)C3)C2=O)n(C)n1. The van der Waals surface area contributed by atoms with Crippen LogP contribution in [0.4, 0.5) is 14.9 Å². The van der Waals surface area contributed by atoms with Crippen LogP contribution in [-0.2, 0) is 24.9 Å². The van der Waals surface area contributed by atoms with Crippen LogP contribution in [0.3, 0.4) is 0 Å². The van der Waals surface area contributed by atoms with Crippen molar-refractivity contribution in [2.24, 2.45) is 7.05 Å². The lowest BCUT2D eigenvalue weighted by Crippen LogP contribution is -2.59. The summed E-state index contributed by atoms with van der Waals surface area (Å²) in [5.74, 6) is 0.144. The Labute approximate surface area is 228 Å². The highest BCUT2D eigenvalue weighted by atomic mass is 19.1. The van der Waals surface area contributed by atoms with Gasteiger partial charge in [-0.25, -0.2) is 9.18 Å². The van der Waals surface area contributed by atoms with Crippen LogP contribution < -0.4 is 9.64 Å². The van der Waals surface area contributed by atoms with Gasteiger partial charge in [0, 0.05) is 31.9 Å². The normalized spacial score (nSPS) is 22.0. The van der Waals surface area contributed by atoms with Crippen LogP contribution in [-0.4, -0.2) is 55.7 Å². The van der Waals surface area contributed by atoms with E-state index in [1.807, 2.05) is 39.0 Å². The topological polar surface area (TPSA) is 70.9 Å². The number of carbonyl (C=O) groups is 2. The Morgan fingerprint density at radius 3 is 2.54 bits per heavy atom. The molecule has 0 aliphatic carbocycles. The van der Waals surface area contributed by atoms with E-state index in [2.05, 4.69) is 29.1 Å². The van der Waals surface area contributed by atoms with Gasteiger partial charge in [0.1, 0.15) is 17.1 Å². The molecule has 2 fully saturated rings. The van der Waals surface area contributed by atoms with Gasteiger partial charge in [-0.1, -0.05) is 18.2 Å². The van der Waals surface area contributed by atoms with Crippen molar-refractivity contribution in [1.82, 2.24) is 19.6 Å². The molecular formula is C30H36FN5O3. The van der Waals surface area contributed by atoms with E-state index in [0.29, 0.717) is 31.6 Å². The highest BCUT2D eigenvalue weighted by Crippen LogP contribution is 2.43. The molecule has 2 aliphatic rings. The minimum absolute atomic E-state index is 0.000120. The lowest BCUT2D eigenvalue weighted by atomic mass is 9.81. The molecule has 1 unspecified atom stereocenters. The lowest BCUT2D eigenvalue weighted by molar-refractivity contribution is -0.133. The summed E-state index contributed by atoms with van der Waals surface area (Å²) in [6.45, 7) is 9.39. The van der Waals surface area contributed by atoms with Crippen molar-refractivity contribution in [2.45, 2.75) is 71.3 Å². The highest BCUT2D eigenvalue weighted by molar-refractivity contribution is 6.16. The Morgan fingerprint density at radius 2 is 1.87 bits per heavy atom. The van der Waals surface area contributed by atoms with Gasteiger partial charge in [0.2, 0.25) is 0 Å². The molecule has 1 aromatic heterocycles. The van der Waals surface area contributed by atoms with E-state index < -0.39 is 17.4 Å². The number of amides is 3. The van der Waals surface area contributed by atoms with Gasteiger partial charge in [-0.05, 0) is 82.5 Å². The van der Waals surface area contributed by atoms with Gasteiger partial charge in [0.05, 0.1) is 24.0 Å². The zero-order chi connectivity index (χ0) is 27.9. The molecule has 39 heavy (non-hydrogen) atoms. The van der Waals surface area contributed by atoms with Crippen molar-refractivity contribution in [3.05, 3.63) is 77.4 Å². The third kappa shape index (κ3) is 5.15. The van der Waals surface area contributed by atoms with Crippen molar-refractivity contribution >= 4 is 17.6 Å². The van der Waals surface area contributed by atoms with E-state index in [-0.39, 0.29) is 24.6 Å². The van der Waals surface area contributed by atoms with Crippen molar-refractivity contribution in [3.8, 4) is 5.75 Å². The zero-order valence-corrected chi connectivity index (χ0v) is 23.2. The van der Waals surface area contributed by atoms with Crippen LogP contribution in [0.2, 0.25) is 0 Å². The first kappa shape index (κ1) is 26.9. The molecule has 3 aromatic rings. The van der Waals surface area contributed by atoms with E-state index in [9.17, 15) is 14.0 Å². The summed E-state index contributed by atoms with van der Waals surface area (Å²) in [5, 5.41) is 4.37. The monoisotopic (exact) mass is 533 g/mol. The van der Waals surface area contributed by atoms with Gasteiger partial charge in [0.15, 0.2) is 0 Å². The number of urea groups is 1. The first-order valence-corrected chi connectivity index (χ1v) is 13.5. The van der Waals surface area contributed by atoms with Gasteiger partial charge in [0.25, 0.3) is 5.91 Å². The van der Waals surface area contributed by atoms with Crippen LogP contribution in [0.25, 0.3) is 0 Å². The quantitative estimate of drug-likeness (QED) is 0.398. The average Bonchev–Trinajstić information content (AvgIpc) is 3.28. The number of rotatable bonds is 7. The Balaban J connectivity index is 1.43. The second-order valence-corrected chi connectivity index (χ2v) is 11.0. The number of aryl methyl sites for hydroxylation is 2. The second-order valence-electron chi connectivity index (χ2n) is 11.0. The molecule has 3 amide bonds. The molecule has 0 saturated carbocycles. The second kappa shape index (κ2) is 10.4. The minimum atomic E-state index is -1.09. The fourth-order valence-corrected chi connectivity index (χ4v) is 5.95. The maximum absolute atomic E-state index is 14.3.